The molecule has 1 aromatic carbocycles. The van der Waals surface area contributed by atoms with Gasteiger partial charge < -0.3 is 14.8 Å². The topological polar surface area (TPSA) is 30.5 Å². The Morgan fingerprint density at radius 2 is 2.24 bits per heavy atom. The van der Waals surface area contributed by atoms with Crippen LogP contribution in [0.4, 0.5) is 5.69 Å². The molecule has 0 saturated carbocycles. The maximum absolute atomic E-state index is 5.83. The lowest BCUT2D eigenvalue weighted by molar-refractivity contribution is 0.130. The average molecular weight is 235 g/mol. The summed E-state index contributed by atoms with van der Waals surface area (Å²) >= 11 is 0. The van der Waals surface area contributed by atoms with Crippen molar-refractivity contribution in [2.75, 3.05) is 31.7 Å². The molecule has 1 heterocycles. The first-order valence-corrected chi connectivity index (χ1v) is 6.48. The molecule has 17 heavy (non-hydrogen) atoms. The van der Waals surface area contributed by atoms with E-state index in [1.165, 1.54) is 17.7 Å². The van der Waals surface area contributed by atoms with Crippen LogP contribution in [0.25, 0.3) is 0 Å². The fraction of sp³-hybridized carbons (Fsp3) is 0.571. The molecule has 0 radical (unpaired) electrons. The Kier molecular flexibility index (Phi) is 4.68. The SMILES string of the molecule is CCOCCCOc1cccc2c1CCCN2. The molecule has 1 aliphatic heterocycles. The summed E-state index contributed by atoms with van der Waals surface area (Å²) in [5, 5.41) is 3.41. The van der Waals surface area contributed by atoms with Crippen LogP contribution in [0.2, 0.25) is 0 Å². The smallest absolute Gasteiger partial charge is 0.124 e. The van der Waals surface area contributed by atoms with E-state index in [0.717, 1.165) is 45.0 Å². The maximum Gasteiger partial charge on any atom is 0.124 e. The zero-order valence-electron chi connectivity index (χ0n) is 10.5. The molecule has 1 aromatic rings. The van der Waals surface area contributed by atoms with Gasteiger partial charge in [-0.25, -0.2) is 0 Å². The molecule has 0 aromatic heterocycles. The van der Waals surface area contributed by atoms with E-state index in [1.807, 2.05) is 6.92 Å². The Morgan fingerprint density at radius 1 is 1.29 bits per heavy atom. The quantitative estimate of drug-likeness (QED) is 0.769. The molecule has 0 aliphatic carbocycles. The first kappa shape index (κ1) is 12.2. The van der Waals surface area contributed by atoms with E-state index >= 15 is 0 Å². The highest BCUT2D eigenvalue weighted by molar-refractivity contribution is 5.58. The maximum atomic E-state index is 5.83. The number of rotatable bonds is 6. The molecule has 0 bridgehead atoms. The third-order valence-electron chi connectivity index (χ3n) is 2.95. The second-order valence-corrected chi connectivity index (χ2v) is 4.21. The standard InChI is InChI=1S/C14H21NO2/c1-2-16-10-5-11-17-14-8-3-7-13-12(14)6-4-9-15-13/h3,7-8,15H,2,4-6,9-11H2,1H3. The van der Waals surface area contributed by atoms with Gasteiger partial charge in [-0.2, -0.15) is 0 Å². The Bertz CT molecular complexity index is 352. The van der Waals surface area contributed by atoms with Gasteiger partial charge in [0.1, 0.15) is 5.75 Å². The molecule has 1 aliphatic rings. The van der Waals surface area contributed by atoms with Gasteiger partial charge in [0.2, 0.25) is 0 Å². The molecule has 0 unspecified atom stereocenters. The first-order valence-electron chi connectivity index (χ1n) is 6.48. The van der Waals surface area contributed by atoms with Crippen LogP contribution in [0.5, 0.6) is 5.75 Å². The second kappa shape index (κ2) is 6.50. The molecular formula is C14H21NO2. The Balaban J connectivity index is 1.87. The molecule has 0 saturated heterocycles. The number of nitrogens with one attached hydrogen (secondary N) is 1. The summed E-state index contributed by atoms with van der Waals surface area (Å²) < 4.78 is 11.1. The molecule has 2 rings (SSSR count). The minimum absolute atomic E-state index is 0.733. The molecule has 0 fully saturated rings. The minimum Gasteiger partial charge on any atom is -0.493 e. The predicted octanol–water partition coefficient (Wildman–Crippen LogP) is 2.85. The van der Waals surface area contributed by atoms with E-state index < -0.39 is 0 Å². The lowest BCUT2D eigenvalue weighted by atomic mass is 10.0. The van der Waals surface area contributed by atoms with Crippen LogP contribution in [0, 0.1) is 0 Å². The number of fused-ring (bicyclic) bond motifs is 1. The van der Waals surface area contributed by atoms with Gasteiger partial charge in [0.05, 0.1) is 6.61 Å². The fourth-order valence-electron chi connectivity index (χ4n) is 2.10. The normalized spacial score (nSPS) is 13.9. The molecule has 0 spiro atoms. The van der Waals surface area contributed by atoms with Crippen molar-refractivity contribution < 1.29 is 9.47 Å². The number of hydrogen-bond donors (Lipinski definition) is 1. The monoisotopic (exact) mass is 235 g/mol. The van der Waals surface area contributed by atoms with Gasteiger partial charge in [0.15, 0.2) is 0 Å². The highest BCUT2D eigenvalue weighted by atomic mass is 16.5. The summed E-state index contributed by atoms with van der Waals surface area (Å²) in [5.74, 6) is 1.03. The van der Waals surface area contributed by atoms with E-state index in [1.54, 1.807) is 0 Å². The Labute approximate surface area is 103 Å². The number of ether oxygens (including phenoxy) is 2. The van der Waals surface area contributed by atoms with Crippen LogP contribution in [-0.2, 0) is 11.2 Å². The van der Waals surface area contributed by atoms with Crippen molar-refractivity contribution in [1.82, 2.24) is 0 Å². The molecular weight excluding hydrogens is 214 g/mol. The number of anilines is 1. The Morgan fingerprint density at radius 3 is 3.12 bits per heavy atom. The molecule has 3 heteroatoms. The zero-order valence-corrected chi connectivity index (χ0v) is 10.5. The summed E-state index contributed by atoms with van der Waals surface area (Å²) in [6.45, 7) is 5.38. The minimum atomic E-state index is 0.733. The van der Waals surface area contributed by atoms with Crippen LogP contribution in [0.3, 0.4) is 0 Å². The van der Waals surface area contributed by atoms with Gasteiger partial charge in [0, 0.05) is 37.4 Å². The molecule has 3 nitrogen and oxygen atoms in total. The molecule has 0 atom stereocenters. The number of hydrogen-bond acceptors (Lipinski definition) is 3. The lowest BCUT2D eigenvalue weighted by Crippen LogP contribution is -2.13. The van der Waals surface area contributed by atoms with Crippen molar-refractivity contribution >= 4 is 5.69 Å². The van der Waals surface area contributed by atoms with Crippen molar-refractivity contribution in [2.24, 2.45) is 0 Å². The second-order valence-electron chi connectivity index (χ2n) is 4.21. The van der Waals surface area contributed by atoms with E-state index in [9.17, 15) is 0 Å². The van der Waals surface area contributed by atoms with Crippen molar-refractivity contribution in [1.29, 1.82) is 0 Å². The van der Waals surface area contributed by atoms with E-state index in [-0.39, 0.29) is 0 Å². The predicted molar refractivity (Wildman–Crippen MR) is 69.9 cm³/mol. The summed E-state index contributed by atoms with van der Waals surface area (Å²) in [7, 11) is 0. The molecule has 0 amide bonds. The first-order chi connectivity index (χ1) is 8.42. The van der Waals surface area contributed by atoms with Crippen LogP contribution in [0.1, 0.15) is 25.3 Å². The number of benzene rings is 1. The van der Waals surface area contributed by atoms with Crippen LogP contribution >= 0.6 is 0 Å². The largest absolute Gasteiger partial charge is 0.493 e. The third-order valence-corrected chi connectivity index (χ3v) is 2.95. The van der Waals surface area contributed by atoms with Crippen molar-refractivity contribution in [3.05, 3.63) is 23.8 Å². The summed E-state index contributed by atoms with van der Waals surface area (Å²) in [4.78, 5) is 0. The summed E-state index contributed by atoms with van der Waals surface area (Å²) in [6, 6.07) is 6.24. The van der Waals surface area contributed by atoms with E-state index in [2.05, 4.69) is 23.5 Å². The van der Waals surface area contributed by atoms with Gasteiger partial charge in [-0.05, 0) is 31.9 Å². The summed E-state index contributed by atoms with van der Waals surface area (Å²) in [5.41, 5.74) is 2.56. The van der Waals surface area contributed by atoms with Crippen LogP contribution in [-0.4, -0.2) is 26.4 Å². The van der Waals surface area contributed by atoms with Crippen molar-refractivity contribution in [3.63, 3.8) is 0 Å². The van der Waals surface area contributed by atoms with E-state index in [4.69, 9.17) is 9.47 Å². The van der Waals surface area contributed by atoms with Gasteiger partial charge in [-0.15, -0.1) is 0 Å². The van der Waals surface area contributed by atoms with Crippen molar-refractivity contribution in [3.8, 4) is 5.75 Å². The van der Waals surface area contributed by atoms with Crippen molar-refractivity contribution in [2.45, 2.75) is 26.2 Å². The molecule has 94 valence electrons. The summed E-state index contributed by atoms with van der Waals surface area (Å²) in [6.07, 6.45) is 3.25. The van der Waals surface area contributed by atoms with Crippen LogP contribution < -0.4 is 10.1 Å². The van der Waals surface area contributed by atoms with Crippen LogP contribution in [0.15, 0.2) is 18.2 Å². The fourth-order valence-corrected chi connectivity index (χ4v) is 2.10. The highest BCUT2D eigenvalue weighted by Gasteiger charge is 2.12. The van der Waals surface area contributed by atoms with E-state index in [0.29, 0.717) is 0 Å². The van der Waals surface area contributed by atoms with Gasteiger partial charge >= 0.3 is 0 Å². The molecule has 1 N–H and O–H groups in total. The van der Waals surface area contributed by atoms with Gasteiger partial charge in [-0.1, -0.05) is 6.07 Å². The Hall–Kier alpha value is -1.22. The zero-order chi connectivity index (χ0) is 11.9. The lowest BCUT2D eigenvalue weighted by Gasteiger charge is -2.20. The average Bonchev–Trinajstić information content (AvgIpc) is 2.39. The van der Waals surface area contributed by atoms with Gasteiger partial charge in [0.25, 0.3) is 0 Å². The highest BCUT2D eigenvalue weighted by Crippen LogP contribution is 2.30. The third kappa shape index (κ3) is 3.37. The van der Waals surface area contributed by atoms with Gasteiger partial charge in [-0.3, -0.25) is 0 Å².